The van der Waals surface area contributed by atoms with Gasteiger partial charge in [0.2, 0.25) is 0 Å². The summed E-state index contributed by atoms with van der Waals surface area (Å²) in [5.74, 6) is 0. The van der Waals surface area contributed by atoms with Crippen LogP contribution in [0.2, 0.25) is 15.1 Å². The number of benzene rings is 2. The molecule has 4 nitrogen and oxygen atoms in total. The summed E-state index contributed by atoms with van der Waals surface area (Å²) in [6.07, 6.45) is 0. The first kappa shape index (κ1) is 20.9. The second-order valence-corrected chi connectivity index (χ2v) is 8.84. The highest BCUT2D eigenvalue weighted by molar-refractivity contribution is 7.07. The number of morpholine rings is 1. The van der Waals surface area contributed by atoms with Crippen LogP contribution in [0.5, 0.6) is 0 Å². The van der Waals surface area contributed by atoms with Crippen LogP contribution in [0.25, 0.3) is 11.3 Å². The summed E-state index contributed by atoms with van der Waals surface area (Å²) in [7, 11) is 0. The number of thiazole rings is 1. The number of ether oxygens (including phenoxy) is 1. The molecule has 152 valence electrons. The Kier molecular flexibility index (Phi) is 6.96. The van der Waals surface area contributed by atoms with Crippen LogP contribution >= 0.6 is 46.1 Å². The third kappa shape index (κ3) is 5.23. The monoisotopic (exact) mass is 467 g/mol. The van der Waals surface area contributed by atoms with Gasteiger partial charge in [-0.05, 0) is 42.5 Å². The molecule has 0 N–H and O–H groups in total. The summed E-state index contributed by atoms with van der Waals surface area (Å²) in [5, 5.41) is 4.06. The fourth-order valence-electron chi connectivity index (χ4n) is 3.24. The van der Waals surface area contributed by atoms with Gasteiger partial charge in [-0.15, -0.1) is 11.3 Å². The maximum atomic E-state index is 6.51. The smallest absolute Gasteiger partial charge is 0.190 e. The Hall–Kier alpha value is -1.34. The second-order valence-electron chi connectivity index (χ2n) is 6.72. The summed E-state index contributed by atoms with van der Waals surface area (Å²) in [4.78, 5) is 8.18. The number of hydrogen-bond acceptors (Lipinski definition) is 4. The van der Waals surface area contributed by atoms with Gasteiger partial charge in [0.25, 0.3) is 0 Å². The van der Waals surface area contributed by atoms with E-state index in [4.69, 9.17) is 44.5 Å². The van der Waals surface area contributed by atoms with Gasteiger partial charge < -0.3 is 9.30 Å². The third-order valence-corrected chi connectivity index (χ3v) is 6.46. The molecule has 1 aliphatic heterocycles. The van der Waals surface area contributed by atoms with E-state index in [2.05, 4.69) is 14.8 Å². The lowest BCUT2D eigenvalue weighted by Gasteiger charge is -2.27. The van der Waals surface area contributed by atoms with Crippen molar-refractivity contribution < 1.29 is 4.74 Å². The molecular weight excluding hydrogens is 449 g/mol. The molecule has 4 rings (SSSR count). The van der Waals surface area contributed by atoms with Crippen molar-refractivity contribution in [3.63, 3.8) is 0 Å². The fourth-order valence-corrected chi connectivity index (χ4v) is 4.82. The quantitative estimate of drug-likeness (QED) is 0.478. The maximum absolute atomic E-state index is 6.51. The molecule has 1 aliphatic rings. The summed E-state index contributed by atoms with van der Waals surface area (Å²) in [6.45, 7) is 5.20. The molecule has 0 bridgehead atoms. The second kappa shape index (κ2) is 9.65. The first-order chi connectivity index (χ1) is 14.1. The molecule has 0 radical (unpaired) electrons. The Balaban J connectivity index is 1.72. The van der Waals surface area contributed by atoms with E-state index < -0.39 is 0 Å². The number of hydrogen-bond donors (Lipinski definition) is 0. The average Bonchev–Trinajstić information content (AvgIpc) is 3.11. The minimum absolute atomic E-state index is 0.625. The van der Waals surface area contributed by atoms with Gasteiger partial charge in [-0.2, -0.15) is 0 Å². The SMILES string of the molecule is Clc1ccc(N=c2scc(-c3ccc(Cl)cc3Cl)n2CCN2CCOCC2)cc1. The van der Waals surface area contributed by atoms with Gasteiger partial charge in [-0.3, -0.25) is 4.90 Å². The highest BCUT2D eigenvalue weighted by Gasteiger charge is 2.15. The first-order valence-corrected chi connectivity index (χ1v) is 11.4. The van der Waals surface area contributed by atoms with Crippen molar-refractivity contribution in [3.8, 4) is 11.3 Å². The third-order valence-electron chi connectivity index (χ3n) is 4.80. The van der Waals surface area contributed by atoms with E-state index >= 15 is 0 Å². The molecule has 0 amide bonds. The zero-order valence-corrected chi connectivity index (χ0v) is 18.7. The Morgan fingerprint density at radius 1 is 0.931 bits per heavy atom. The summed E-state index contributed by atoms with van der Waals surface area (Å²) in [6, 6.07) is 13.1. The number of rotatable bonds is 5. The van der Waals surface area contributed by atoms with Crippen molar-refractivity contribution in [1.29, 1.82) is 0 Å². The summed E-state index contributed by atoms with van der Waals surface area (Å²) in [5.41, 5.74) is 2.86. The van der Waals surface area contributed by atoms with Crippen LogP contribution in [0, 0.1) is 0 Å². The molecule has 2 aromatic carbocycles. The lowest BCUT2D eigenvalue weighted by molar-refractivity contribution is 0.0363. The van der Waals surface area contributed by atoms with Crippen LogP contribution in [-0.2, 0) is 11.3 Å². The molecule has 0 aliphatic carbocycles. The number of aromatic nitrogens is 1. The Labute approximate surface area is 188 Å². The van der Waals surface area contributed by atoms with E-state index in [0.717, 1.165) is 61.1 Å². The normalized spacial score (nSPS) is 15.8. The molecule has 1 aromatic heterocycles. The minimum atomic E-state index is 0.625. The van der Waals surface area contributed by atoms with Crippen molar-refractivity contribution in [3.05, 3.63) is 67.7 Å². The van der Waals surface area contributed by atoms with Gasteiger partial charge in [0, 0.05) is 47.2 Å². The molecular formula is C21H20Cl3N3OS. The molecule has 0 unspecified atom stereocenters. The van der Waals surface area contributed by atoms with Crippen LogP contribution in [0.1, 0.15) is 0 Å². The van der Waals surface area contributed by atoms with Crippen molar-refractivity contribution in [2.45, 2.75) is 6.54 Å². The van der Waals surface area contributed by atoms with E-state index in [0.29, 0.717) is 15.1 Å². The molecule has 0 saturated carbocycles. The molecule has 3 aromatic rings. The van der Waals surface area contributed by atoms with Gasteiger partial charge in [-0.1, -0.05) is 34.8 Å². The van der Waals surface area contributed by atoms with Crippen LogP contribution in [-0.4, -0.2) is 42.3 Å². The molecule has 0 spiro atoms. The number of nitrogens with zero attached hydrogens (tertiary/aromatic N) is 3. The molecule has 29 heavy (non-hydrogen) atoms. The first-order valence-electron chi connectivity index (χ1n) is 9.34. The van der Waals surface area contributed by atoms with E-state index in [1.54, 1.807) is 17.4 Å². The van der Waals surface area contributed by atoms with Gasteiger partial charge in [0.1, 0.15) is 0 Å². The zero-order valence-electron chi connectivity index (χ0n) is 15.7. The summed E-state index contributed by atoms with van der Waals surface area (Å²) < 4.78 is 7.69. The fraction of sp³-hybridized carbons (Fsp3) is 0.286. The van der Waals surface area contributed by atoms with Crippen LogP contribution < -0.4 is 4.80 Å². The lowest BCUT2D eigenvalue weighted by Crippen LogP contribution is -2.39. The van der Waals surface area contributed by atoms with Crippen molar-refractivity contribution >= 4 is 51.8 Å². The maximum Gasteiger partial charge on any atom is 0.190 e. The lowest BCUT2D eigenvalue weighted by atomic mass is 10.1. The van der Waals surface area contributed by atoms with Gasteiger partial charge in [-0.25, -0.2) is 4.99 Å². The molecule has 1 fully saturated rings. The molecule has 1 saturated heterocycles. The predicted molar refractivity (Wildman–Crippen MR) is 122 cm³/mol. The largest absolute Gasteiger partial charge is 0.379 e. The van der Waals surface area contributed by atoms with E-state index in [1.165, 1.54) is 0 Å². The minimum Gasteiger partial charge on any atom is -0.379 e. The highest BCUT2D eigenvalue weighted by atomic mass is 35.5. The molecule has 8 heteroatoms. The van der Waals surface area contributed by atoms with Gasteiger partial charge in [0.05, 0.1) is 29.6 Å². The number of halogens is 3. The predicted octanol–water partition coefficient (Wildman–Crippen LogP) is 5.74. The van der Waals surface area contributed by atoms with Crippen molar-refractivity contribution in [2.75, 3.05) is 32.8 Å². The van der Waals surface area contributed by atoms with Gasteiger partial charge in [0.15, 0.2) is 4.80 Å². The van der Waals surface area contributed by atoms with Crippen LogP contribution in [0.3, 0.4) is 0 Å². The van der Waals surface area contributed by atoms with Gasteiger partial charge >= 0.3 is 0 Å². The van der Waals surface area contributed by atoms with Crippen molar-refractivity contribution in [1.82, 2.24) is 9.47 Å². The Morgan fingerprint density at radius 2 is 1.66 bits per heavy atom. The topological polar surface area (TPSA) is 29.8 Å². The summed E-state index contributed by atoms with van der Waals surface area (Å²) >= 11 is 20.2. The average molecular weight is 469 g/mol. The molecule has 2 heterocycles. The zero-order chi connectivity index (χ0) is 20.2. The van der Waals surface area contributed by atoms with Crippen LogP contribution in [0.15, 0.2) is 52.8 Å². The standard InChI is InChI=1S/C21H20Cl3N3OS/c22-15-1-4-17(5-2-15)25-21-27(8-7-26-9-11-28-12-10-26)20(14-29-21)18-6-3-16(23)13-19(18)24/h1-6,13-14H,7-12H2. The van der Waals surface area contributed by atoms with Crippen molar-refractivity contribution in [2.24, 2.45) is 4.99 Å². The highest BCUT2D eigenvalue weighted by Crippen LogP contribution is 2.31. The van der Waals surface area contributed by atoms with E-state index in [-0.39, 0.29) is 0 Å². The Bertz CT molecular complexity index is 1040. The van der Waals surface area contributed by atoms with E-state index in [1.807, 2.05) is 36.4 Å². The van der Waals surface area contributed by atoms with E-state index in [9.17, 15) is 0 Å². The molecule has 0 atom stereocenters. The van der Waals surface area contributed by atoms with Crippen LogP contribution in [0.4, 0.5) is 5.69 Å². The Morgan fingerprint density at radius 3 is 2.38 bits per heavy atom.